The molecule has 0 radical (unpaired) electrons. The highest BCUT2D eigenvalue weighted by atomic mass is 32.2. The van der Waals surface area contributed by atoms with Gasteiger partial charge in [0.15, 0.2) is 5.82 Å². The summed E-state index contributed by atoms with van der Waals surface area (Å²) in [6.45, 7) is 7.82. The molecule has 2 aromatic heterocycles. The number of benzene rings is 1. The smallest absolute Gasteiger partial charge is 0.277 e. The Morgan fingerprint density at radius 3 is 2.50 bits per heavy atom. The van der Waals surface area contributed by atoms with Gasteiger partial charge in [0, 0.05) is 17.1 Å². The minimum atomic E-state index is -0.523. The van der Waals surface area contributed by atoms with Crippen LogP contribution in [-0.4, -0.2) is 31.8 Å². The average Bonchev–Trinajstić information content (AvgIpc) is 3.10. The summed E-state index contributed by atoms with van der Waals surface area (Å²) in [6.07, 6.45) is 0. The number of anilines is 1. The summed E-state index contributed by atoms with van der Waals surface area (Å²) in [6, 6.07) is 7.68. The van der Waals surface area contributed by atoms with Crippen molar-refractivity contribution >= 4 is 36.0 Å². The summed E-state index contributed by atoms with van der Waals surface area (Å²) in [5.41, 5.74) is 4.76. The van der Waals surface area contributed by atoms with Gasteiger partial charge < -0.3 is 9.73 Å². The number of thioether (sulfide) groups is 1. The minimum Gasteiger partial charge on any atom is -0.414 e. The molecular formula is C19H21N5O2S2. The number of nitrogens with zero attached hydrogens (tertiary/aromatic N) is 4. The highest BCUT2D eigenvalue weighted by Gasteiger charge is 2.21. The van der Waals surface area contributed by atoms with Gasteiger partial charge in [-0.25, -0.2) is 9.97 Å². The quantitative estimate of drug-likeness (QED) is 0.466. The number of nitrogens with one attached hydrogen (secondary N) is 1. The lowest BCUT2D eigenvalue weighted by Gasteiger charge is -2.07. The van der Waals surface area contributed by atoms with E-state index in [-0.39, 0.29) is 11.7 Å². The Hall–Kier alpha value is -2.39. The minimum absolute atomic E-state index is 0.145. The maximum atomic E-state index is 12.2. The molecule has 0 spiro atoms. The van der Waals surface area contributed by atoms with Crippen molar-refractivity contribution in [1.82, 2.24) is 20.2 Å². The standard InChI is InChI=1S/C19H21N5O2S2/c1-10-5-6-14(7-11(10)2)22-15(25)9-28-19-24-23-18(26-19)16(27)17-20-12(3)8-13(4)21-17/h5-8,16,27H,9H2,1-4H3,(H,22,25). The highest BCUT2D eigenvalue weighted by Crippen LogP contribution is 2.27. The first-order chi connectivity index (χ1) is 13.3. The predicted molar refractivity (Wildman–Crippen MR) is 112 cm³/mol. The number of thiol groups is 1. The lowest BCUT2D eigenvalue weighted by atomic mass is 10.1. The van der Waals surface area contributed by atoms with Crippen LogP contribution in [0.4, 0.5) is 5.69 Å². The van der Waals surface area contributed by atoms with E-state index in [1.54, 1.807) is 0 Å². The topological polar surface area (TPSA) is 93.8 Å². The van der Waals surface area contributed by atoms with Crippen LogP contribution in [0.2, 0.25) is 0 Å². The van der Waals surface area contributed by atoms with Gasteiger partial charge in [0.25, 0.3) is 5.22 Å². The fourth-order valence-corrected chi connectivity index (χ4v) is 3.31. The van der Waals surface area contributed by atoms with Crippen molar-refractivity contribution < 1.29 is 9.21 Å². The summed E-state index contributed by atoms with van der Waals surface area (Å²) in [4.78, 5) is 20.9. The first kappa shape index (κ1) is 20.3. The second-order valence-corrected chi connectivity index (χ2v) is 7.90. The molecule has 7 nitrogen and oxygen atoms in total. The van der Waals surface area contributed by atoms with Gasteiger partial charge >= 0.3 is 0 Å². The average molecular weight is 416 g/mol. The lowest BCUT2D eigenvalue weighted by Crippen LogP contribution is -2.14. The number of carbonyl (C=O) groups is 1. The maximum Gasteiger partial charge on any atom is 0.277 e. The van der Waals surface area contributed by atoms with Crippen LogP contribution in [-0.2, 0) is 4.79 Å². The van der Waals surface area contributed by atoms with Crippen LogP contribution in [0.3, 0.4) is 0 Å². The third-order valence-corrected chi connectivity index (χ3v) is 5.29. The number of aromatic nitrogens is 4. The van der Waals surface area contributed by atoms with E-state index < -0.39 is 5.25 Å². The maximum absolute atomic E-state index is 12.2. The van der Waals surface area contributed by atoms with Gasteiger partial charge in [-0.15, -0.1) is 10.2 Å². The van der Waals surface area contributed by atoms with E-state index in [1.165, 1.54) is 17.3 Å². The number of hydrogen-bond donors (Lipinski definition) is 2. The zero-order valence-corrected chi connectivity index (χ0v) is 17.8. The highest BCUT2D eigenvalue weighted by molar-refractivity contribution is 7.99. The zero-order chi connectivity index (χ0) is 20.3. The van der Waals surface area contributed by atoms with E-state index >= 15 is 0 Å². The summed E-state index contributed by atoms with van der Waals surface area (Å²) in [5.74, 6) is 0.818. The molecule has 0 saturated heterocycles. The number of rotatable bonds is 6. The number of aryl methyl sites for hydroxylation is 4. The van der Waals surface area contributed by atoms with Crippen LogP contribution in [0.25, 0.3) is 0 Å². The van der Waals surface area contributed by atoms with Crippen LogP contribution in [0, 0.1) is 27.7 Å². The molecule has 0 aliphatic carbocycles. The molecule has 1 unspecified atom stereocenters. The van der Waals surface area contributed by atoms with E-state index in [9.17, 15) is 4.79 Å². The summed E-state index contributed by atoms with van der Waals surface area (Å²) < 4.78 is 5.62. The molecule has 0 fully saturated rings. The van der Waals surface area contributed by atoms with Crippen molar-refractivity contribution in [3.05, 3.63) is 58.5 Å². The number of hydrogen-bond acceptors (Lipinski definition) is 8. The second kappa shape index (κ2) is 8.74. The largest absolute Gasteiger partial charge is 0.414 e. The van der Waals surface area contributed by atoms with Gasteiger partial charge in [0.05, 0.1) is 5.75 Å². The molecule has 0 aliphatic heterocycles. The molecule has 28 heavy (non-hydrogen) atoms. The molecule has 1 N–H and O–H groups in total. The molecule has 3 aromatic rings. The van der Waals surface area contributed by atoms with E-state index in [0.29, 0.717) is 16.9 Å². The SMILES string of the molecule is Cc1cc(C)nc(C(S)c2nnc(SCC(=O)Nc3ccc(C)c(C)c3)o2)n1. The monoisotopic (exact) mass is 415 g/mol. The van der Waals surface area contributed by atoms with Crippen LogP contribution >= 0.6 is 24.4 Å². The van der Waals surface area contributed by atoms with Crippen molar-refractivity contribution in [3.63, 3.8) is 0 Å². The molecule has 0 saturated carbocycles. The van der Waals surface area contributed by atoms with Crippen LogP contribution in [0.5, 0.6) is 0 Å². The molecular weight excluding hydrogens is 394 g/mol. The molecule has 0 bridgehead atoms. The molecule has 1 atom stereocenters. The molecule has 1 aromatic carbocycles. The fourth-order valence-electron chi connectivity index (χ4n) is 2.52. The Labute approximate surface area is 173 Å². The first-order valence-electron chi connectivity index (χ1n) is 8.65. The Kier molecular flexibility index (Phi) is 6.35. The Balaban J connectivity index is 1.59. The zero-order valence-electron chi connectivity index (χ0n) is 16.1. The molecule has 146 valence electrons. The summed E-state index contributed by atoms with van der Waals surface area (Å²) >= 11 is 5.67. The van der Waals surface area contributed by atoms with Gasteiger partial charge in [-0.05, 0) is 57.0 Å². The van der Waals surface area contributed by atoms with E-state index in [0.717, 1.165) is 22.6 Å². The van der Waals surface area contributed by atoms with Gasteiger partial charge in [-0.3, -0.25) is 4.79 Å². The Morgan fingerprint density at radius 2 is 1.82 bits per heavy atom. The Morgan fingerprint density at radius 1 is 1.11 bits per heavy atom. The van der Waals surface area contributed by atoms with Gasteiger partial charge in [0.2, 0.25) is 11.8 Å². The second-order valence-electron chi connectivity index (χ2n) is 6.45. The van der Waals surface area contributed by atoms with Crippen molar-refractivity contribution in [2.24, 2.45) is 0 Å². The number of amides is 1. The first-order valence-corrected chi connectivity index (χ1v) is 10.2. The molecule has 1 amide bonds. The molecule has 3 rings (SSSR count). The van der Waals surface area contributed by atoms with E-state index in [1.807, 2.05) is 52.0 Å². The Bertz CT molecular complexity index is 985. The van der Waals surface area contributed by atoms with Crippen molar-refractivity contribution in [3.8, 4) is 0 Å². The van der Waals surface area contributed by atoms with Gasteiger partial charge in [-0.2, -0.15) is 12.6 Å². The van der Waals surface area contributed by atoms with Crippen LogP contribution in [0.15, 0.2) is 33.9 Å². The normalized spacial score (nSPS) is 12.0. The lowest BCUT2D eigenvalue weighted by molar-refractivity contribution is -0.113. The van der Waals surface area contributed by atoms with Gasteiger partial charge in [0.1, 0.15) is 5.25 Å². The van der Waals surface area contributed by atoms with Crippen LogP contribution in [0.1, 0.15) is 39.5 Å². The fraction of sp³-hybridized carbons (Fsp3) is 0.316. The summed E-state index contributed by atoms with van der Waals surface area (Å²) in [7, 11) is 0. The predicted octanol–water partition coefficient (Wildman–Crippen LogP) is 3.84. The van der Waals surface area contributed by atoms with Gasteiger partial charge in [-0.1, -0.05) is 17.8 Å². The molecule has 2 heterocycles. The number of carbonyl (C=O) groups excluding carboxylic acids is 1. The van der Waals surface area contributed by atoms with Crippen molar-refractivity contribution in [2.75, 3.05) is 11.1 Å². The summed E-state index contributed by atoms with van der Waals surface area (Å²) in [5, 5.41) is 10.6. The van der Waals surface area contributed by atoms with Crippen LogP contribution < -0.4 is 5.32 Å². The van der Waals surface area contributed by atoms with E-state index in [2.05, 4.69) is 38.1 Å². The molecule has 0 aliphatic rings. The van der Waals surface area contributed by atoms with Crippen molar-refractivity contribution in [1.29, 1.82) is 0 Å². The molecule has 9 heteroatoms. The van der Waals surface area contributed by atoms with E-state index in [4.69, 9.17) is 4.42 Å². The van der Waals surface area contributed by atoms with Crippen molar-refractivity contribution in [2.45, 2.75) is 38.2 Å². The third-order valence-electron chi connectivity index (χ3n) is 4.02. The third kappa shape index (κ3) is 5.11.